The van der Waals surface area contributed by atoms with Crippen molar-refractivity contribution in [1.82, 2.24) is 0 Å². The van der Waals surface area contributed by atoms with Crippen LogP contribution in [0.15, 0.2) is 34.8 Å². The third-order valence-corrected chi connectivity index (χ3v) is 6.05. The Hall–Kier alpha value is -1.92. The van der Waals surface area contributed by atoms with Gasteiger partial charge < -0.3 is 14.2 Å². The summed E-state index contributed by atoms with van der Waals surface area (Å²) in [4.78, 5) is 15.0. The highest BCUT2D eigenvalue weighted by molar-refractivity contribution is 9.10. The molecule has 1 amide bonds. The molecular weight excluding hydrogens is 458 g/mol. The van der Waals surface area contributed by atoms with Crippen LogP contribution in [0.5, 0.6) is 11.5 Å². The van der Waals surface area contributed by atoms with E-state index in [1.807, 2.05) is 45.0 Å². The largest absolute Gasteiger partial charge is 0.497 e. The van der Waals surface area contributed by atoms with Gasteiger partial charge in [0.25, 0.3) is 0 Å². The second-order valence-electron chi connectivity index (χ2n) is 7.88. The molecule has 29 heavy (non-hydrogen) atoms. The van der Waals surface area contributed by atoms with Crippen LogP contribution in [0.3, 0.4) is 0 Å². The summed E-state index contributed by atoms with van der Waals surface area (Å²) in [5, 5.41) is 0.582. The molecule has 7 heteroatoms. The van der Waals surface area contributed by atoms with Gasteiger partial charge >= 0.3 is 6.09 Å². The summed E-state index contributed by atoms with van der Waals surface area (Å²) < 4.78 is 17.5. The van der Waals surface area contributed by atoms with Crippen molar-refractivity contribution in [2.75, 3.05) is 19.1 Å². The average molecular weight is 483 g/mol. The molecule has 5 nitrogen and oxygen atoms in total. The number of rotatable bonds is 3. The van der Waals surface area contributed by atoms with Gasteiger partial charge in [0.1, 0.15) is 17.1 Å². The van der Waals surface area contributed by atoms with E-state index < -0.39 is 11.7 Å². The van der Waals surface area contributed by atoms with Crippen LogP contribution < -0.4 is 14.4 Å². The number of hydrogen-bond acceptors (Lipinski definition) is 4. The van der Waals surface area contributed by atoms with Crippen LogP contribution in [0.1, 0.15) is 44.4 Å². The lowest BCUT2D eigenvalue weighted by Crippen LogP contribution is -2.42. The van der Waals surface area contributed by atoms with Gasteiger partial charge in [-0.05, 0) is 78.9 Å². The zero-order valence-corrected chi connectivity index (χ0v) is 19.6. The van der Waals surface area contributed by atoms with Gasteiger partial charge in [0.05, 0.1) is 31.0 Å². The number of halogens is 2. The molecule has 2 aromatic rings. The minimum atomic E-state index is -0.639. The van der Waals surface area contributed by atoms with Crippen LogP contribution in [0, 0.1) is 0 Å². The Morgan fingerprint density at radius 3 is 2.55 bits per heavy atom. The topological polar surface area (TPSA) is 48.0 Å². The molecule has 1 aliphatic rings. The first-order chi connectivity index (χ1) is 13.7. The summed E-state index contributed by atoms with van der Waals surface area (Å²) in [5.41, 5.74) is 1.83. The van der Waals surface area contributed by atoms with Crippen molar-refractivity contribution in [1.29, 1.82) is 0 Å². The second kappa shape index (κ2) is 8.44. The van der Waals surface area contributed by atoms with Gasteiger partial charge in [0.15, 0.2) is 0 Å². The van der Waals surface area contributed by atoms with E-state index in [9.17, 15) is 4.79 Å². The summed E-state index contributed by atoms with van der Waals surface area (Å²) in [6, 6.07) is 9.28. The van der Waals surface area contributed by atoms with E-state index in [-0.39, 0.29) is 6.04 Å². The maximum atomic E-state index is 13.3. The molecule has 156 valence electrons. The Kier molecular flexibility index (Phi) is 6.34. The Morgan fingerprint density at radius 2 is 1.93 bits per heavy atom. The minimum absolute atomic E-state index is 0.237. The van der Waals surface area contributed by atoms with Crippen molar-refractivity contribution in [2.45, 2.75) is 45.3 Å². The SMILES string of the molecule is COc1cccc(C2CCc3c(Cl)c(Br)cc(OC)c3N2C(=O)OC(C)(C)C)c1. The van der Waals surface area contributed by atoms with E-state index in [2.05, 4.69) is 15.9 Å². The molecule has 1 heterocycles. The molecule has 0 spiro atoms. The highest BCUT2D eigenvalue weighted by Crippen LogP contribution is 2.49. The fourth-order valence-electron chi connectivity index (χ4n) is 3.55. The lowest BCUT2D eigenvalue weighted by molar-refractivity contribution is 0.0558. The van der Waals surface area contributed by atoms with Crippen LogP contribution in [0.2, 0.25) is 5.02 Å². The fraction of sp³-hybridized carbons (Fsp3) is 0.409. The molecule has 0 saturated heterocycles. The van der Waals surface area contributed by atoms with Crippen LogP contribution in [0.4, 0.5) is 10.5 Å². The molecule has 0 saturated carbocycles. The van der Waals surface area contributed by atoms with Gasteiger partial charge in [0, 0.05) is 4.47 Å². The van der Waals surface area contributed by atoms with Crippen molar-refractivity contribution < 1.29 is 19.0 Å². The second-order valence-corrected chi connectivity index (χ2v) is 9.12. The monoisotopic (exact) mass is 481 g/mol. The number of anilines is 1. The molecule has 3 rings (SSSR count). The summed E-state index contributed by atoms with van der Waals surface area (Å²) in [7, 11) is 3.21. The maximum Gasteiger partial charge on any atom is 0.415 e. The van der Waals surface area contributed by atoms with Gasteiger partial charge in [-0.2, -0.15) is 0 Å². The number of carbonyl (C=O) groups is 1. The number of nitrogens with zero attached hydrogens (tertiary/aromatic N) is 1. The third-order valence-electron chi connectivity index (χ3n) is 4.76. The lowest BCUT2D eigenvalue weighted by Gasteiger charge is -2.39. The molecule has 0 aromatic heterocycles. The standard InChI is InChI=1S/C22H25BrClNO4/c1-22(2,3)29-21(26)25-17(13-7-6-8-14(11-13)27-4)10-9-15-19(24)16(23)12-18(28-5)20(15)25/h6-8,11-12,17H,9-10H2,1-5H3. The van der Waals surface area contributed by atoms with Crippen LogP contribution in [-0.4, -0.2) is 25.9 Å². The summed E-state index contributed by atoms with van der Waals surface area (Å²) >= 11 is 10.1. The number of ether oxygens (including phenoxy) is 3. The molecule has 2 aromatic carbocycles. The molecule has 1 unspecified atom stereocenters. The minimum Gasteiger partial charge on any atom is -0.497 e. The number of carbonyl (C=O) groups excluding carboxylic acids is 1. The molecule has 1 atom stereocenters. The summed E-state index contributed by atoms with van der Waals surface area (Å²) in [6.07, 6.45) is 0.951. The highest BCUT2D eigenvalue weighted by atomic mass is 79.9. The van der Waals surface area contributed by atoms with E-state index in [1.165, 1.54) is 0 Å². The van der Waals surface area contributed by atoms with E-state index in [0.29, 0.717) is 29.3 Å². The molecule has 0 aliphatic carbocycles. The first-order valence-electron chi connectivity index (χ1n) is 9.37. The fourth-order valence-corrected chi connectivity index (χ4v) is 4.24. The van der Waals surface area contributed by atoms with Gasteiger partial charge in [-0.1, -0.05) is 23.7 Å². The van der Waals surface area contributed by atoms with Gasteiger partial charge in [0.2, 0.25) is 0 Å². The van der Waals surface area contributed by atoms with Crippen LogP contribution in [-0.2, 0) is 11.2 Å². The Balaban J connectivity index is 2.19. The molecule has 0 fully saturated rings. The zero-order chi connectivity index (χ0) is 21.3. The van der Waals surface area contributed by atoms with Crippen molar-refractivity contribution in [2.24, 2.45) is 0 Å². The van der Waals surface area contributed by atoms with Crippen molar-refractivity contribution >= 4 is 39.3 Å². The predicted molar refractivity (Wildman–Crippen MR) is 118 cm³/mol. The Bertz CT molecular complexity index is 926. The van der Waals surface area contributed by atoms with E-state index in [4.69, 9.17) is 25.8 Å². The number of hydrogen-bond donors (Lipinski definition) is 0. The quantitative estimate of drug-likeness (QED) is 0.498. The smallest absolute Gasteiger partial charge is 0.415 e. The molecular formula is C22H25BrClNO4. The number of methoxy groups -OCH3 is 2. The Morgan fingerprint density at radius 1 is 1.21 bits per heavy atom. The zero-order valence-electron chi connectivity index (χ0n) is 17.2. The van der Waals surface area contributed by atoms with Gasteiger partial charge in [-0.15, -0.1) is 0 Å². The third kappa shape index (κ3) is 4.48. The maximum absolute atomic E-state index is 13.3. The van der Waals surface area contributed by atoms with E-state index in [1.54, 1.807) is 25.2 Å². The van der Waals surface area contributed by atoms with Gasteiger partial charge in [-0.25, -0.2) is 4.79 Å². The normalized spacial score (nSPS) is 16.2. The van der Waals surface area contributed by atoms with Crippen molar-refractivity contribution in [3.63, 3.8) is 0 Å². The number of benzene rings is 2. The summed E-state index contributed by atoms with van der Waals surface area (Å²) in [6.45, 7) is 5.55. The summed E-state index contributed by atoms with van der Waals surface area (Å²) in [5.74, 6) is 1.30. The molecule has 1 aliphatic heterocycles. The van der Waals surface area contributed by atoms with Gasteiger partial charge in [-0.3, -0.25) is 4.90 Å². The predicted octanol–water partition coefficient (Wildman–Crippen LogP) is 6.55. The van der Waals surface area contributed by atoms with E-state index >= 15 is 0 Å². The van der Waals surface area contributed by atoms with Crippen LogP contribution in [0.25, 0.3) is 0 Å². The van der Waals surface area contributed by atoms with E-state index in [0.717, 1.165) is 21.3 Å². The van der Waals surface area contributed by atoms with Crippen molar-refractivity contribution in [3.05, 3.63) is 51.0 Å². The number of amides is 1. The average Bonchev–Trinajstić information content (AvgIpc) is 2.68. The Labute approximate surface area is 185 Å². The molecule has 0 N–H and O–H groups in total. The lowest BCUT2D eigenvalue weighted by atomic mass is 9.91. The first-order valence-corrected chi connectivity index (χ1v) is 10.5. The number of fused-ring (bicyclic) bond motifs is 1. The molecule has 0 bridgehead atoms. The first kappa shape index (κ1) is 21.8. The van der Waals surface area contributed by atoms with Crippen LogP contribution >= 0.6 is 27.5 Å². The van der Waals surface area contributed by atoms with Crippen molar-refractivity contribution in [3.8, 4) is 11.5 Å². The molecule has 0 radical (unpaired) electrons. The highest BCUT2D eigenvalue weighted by Gasteiger charge is 2.38.